The van der Waals surface area contributed by atoms with Gasteiger partial charge in [0.15, 0.2) is 0 Å². The number of aromatic nitrogens is 3. The molecule has 2 heterocycles. The van der Waals surface area contributed by atoms with Crippen LogP contribution in [0.2, 0.25) is 0 Å². The highest BCUT2D eigenvalue weighted by Crippen LogP contribution is 2.32. The molecule has 7 heteroatoms. The topological polar surface area (TPSA) is 75.0 Å². The van der Waals surface area contributed by atoms with Crippen molar-refractivity contribution in [3.63, 3.8) is 0 Å². The highest BCUT2D eigenvalue weighted by molar-refractivity contribution is 5.80. The minimum absolute atomic E-state index is 0.246. The van der Waals surface area contributed by atoms with Crippen LogP contribution in [0.5, 0.6) is 5.88 Å². The molecular weight excluding hydrogens is 358 g/mol. The molecule has 1 unspecified atom stereocenters. The van der Waals surface area contributed by atoms with Crippen molar-refractivity contribution < 1.29 is 19.0 Å². The van der Waals surface area contributed by atoms with Crippen LogP contribution in [-0.2, 0) is 15.9 Å². The zero-order valence-electron chi connectivity index (χ0n) is 17.1. The van der Waals surface area contributed by atoms with Crippen molar-refractivity contribution in [2.24, 2.45) is 0 Å². The molecule has 2 aromatic heterocycles. The highest BCUT2D eigenvalue weighted by Gasteiger charge is 2.22. The number of ether oxygens (including phenoxy) is 3. The lowest BCUT2D eigenvalue weighted by atomic mass is 9.99. The minimum Gasteiger partial charge on any atom is -0.441 e. The fourth-order valence-electron chi connectivity index (χ4n) is 3.15. The Labute approximate surface area is 164 Å². The second-order valence-electron chi connectivity index (χ2n) is 7.00. The van der Waals surface area contributed by atoms with Gasteiger partial charge in [0.1, 0.15) is 0 Å². The van der Waals surface area contributed by atoms with Gasteiger partial charge in [0.05, 0.1) is 22.8 Å². The second kappa shape index (κ2) is 8.46. The third-order valence-electron chi connectivity index (χ3n) is 4.67. The van der Waals surface area contributed by atoms with Crippen LogP contribution in [0.1, 0.15) is 58.2 Å². The van der Waals surface area contributed by atoms with Gasteiger partial charge in [0, 0.05) is 5.56 Å². The Balaban J connectivity index is 2.07. The van der Waals surface area contributed by atoms with E-state index in [1.54, 1.807) is 13.8 Å². The third kappa shape index (κ3) is 3.88. The van der Waals surface area contributed by atoms with Crippen LogP contribution >= 0.6 is 0 Å². The number of fused-ring (bicyclic) bond motifs is 3. The summed E-state index contributed by atoms with van der Waals surface area (Å²) in [5.74, 6) is 1.44. The van der Waals surface area contributed by atoms with E-state index in [0.717, 1.165) is 35.1 Å². The van der Waals surface area contributed by atoms with Gasteiger partial charge in [0.25, 0.3) is 0 Å². The minimum atomic E-state index is -0.754. The predicted octanol–water partition coefficient (Wildman–Crippen LogP) is 4.86. The Morgan fingerprint density at radius 3 is 2.57 bits per heavy atom. The first kappa shape index (κ1) is 19.9. The van der Waals surface area contributed by atoms with Crippen LogP contribution in [0, 0.1) is 0 Å². The number of benzene rings is 1. The Bertz CT molecular complexity index is 981. The molecule has 0 spiro atoms. The van der Waals surface area contributed by atoms with E-state index in [1.807, 2.05) is 28.7 Å². The van der Waals surface area contributed by atoms with E-state index in [1.165, 1.54) is 0 Å². The first-order valence-corrected chi connectivity index (χ1v) is 9.72. The molecule has 150 valence electrons. The van der Waals surface area contributed by atoms with E-state index in [2.05, 4.69) is 25.8 Å². The van der Waals surface area contributed by atoms with Crippen molar-refractivity contribution in [1.29, 1.82) is 0 Å². The van der Waals surface area contributed by atoms with Gasteiger partial charge in [-0.05, 0) is 44.7 Å². The smallest absolute Gasteiger partial charge is 0.441 e. The normalized spacial score (nSPS) is 12.5. The molecule has 0 aliphatic carbocycles. The number of carbonyl (C=O) groups excluding carboxylic acids is 1. The molecule has 0 radical (unpaired) electrons. The van der Waals surface area contributed by atoms with Gasteiger partial charge >= 0.3 is 6.16 Å². The van der Waals surface area contributed by atoms with E-state index in [0.29, 0.717) is 11.7 Å². The largest absolute Gasteiger partial charge is 0.511 e. The molecule has 3 rings (SSSR count). The molecule has 28 heavy (non-hydrogen) atoms. The zero-order chi connectivity index (χ0) is 20.3. The van der Waals surface area contributed by atoms with Crippen molar-refractivity contribution in [2.45, 2.75) is 59.5 Å². The summed E-state index contributed by atoms with van der Waals surface area (Å²) in [5.41, 5.74) is 3.69. The number of nitrogens with zero attached hydrogens (tertiary/aromatic N) is 3. The Morgan fingerprint density at radius 1 is 1.14 bits per heavy atom. The Morgan fingerprint density at radius 2 is 1.89 bits per heavy atom. The van der Waals surface area contributed by atoms with Gasteiger partial charge in [-0.25, -0.2) is 19.2 Å². The van der Waals surface area contributed by atoms with E-state index in [-0.39, 0.29) is 18.8 Å². The average molecular weight is 385 g/mol. The standard InChI is InChI=1S/C21H27N3O4/c1-6-14(5)18-15(7-2)19(26-12-27-21(25)28-13(3)4)24-17-11-9-8-10-16(17)22-20(24)23-18/h8-11,13-14H,6-7,12H2,1-5H3. The summed E-state index contributed by atoms with van der Waals surface area (Å²) in [6.07, 6.45) is 0.686. The maximum atomic E-state index is 11.7. The number of hydrogen-bond donors (Lipinski definition) is 0. The van der Waals surface area contributed by atoms with Gasteiger partial charge < -0.3 is 14.2 Å². The van der Waals surface area contributed by atoms with Gasteiger partial charge in [-0.15, -0.1) is 0 Å². The summed E-state index contributed by atoms with van der Waals surface area (Å²) < 4.78 is 17.9. The van der Waals surface area contributed by atoms with Gasteiger partial charge in [-0.1, -0.05) is 32.9 Å². The van der Waals surface area contributed by atoms with Gasteiger partial charge in [-0.3, -0.25) is 0 Å². The molecule has 1 atom stereocenters. The molecular formula is C21H27N3O4. The zero-order valence-corrected chi connectivity index (χ0v) is 17.1. The van der Waals surface area contributed by atoms with Crippen molar-refractivity contribution in [1.82, 2.24) is 14.4 Å². The van der Waals surface area contributed by atoms with Crippen molar-refractivity contribution in [3.05, 3.63) is 35.5 Å². The Hall–Kier alpha value is -2.83. The maximum Gasteiger partial charge on any atom is 0.511 e. The third-order valence-corrected chi connectivity index (χ3v) is 4.67. The number of imidazole rings is 1. The van der Waals surface area contributed by atoms with E-state index >= 15 is 0 Å². The summed E-state index contributed by atoms with van der Waals surface area (Å²) in [6, 6.07) is 7.81. The first-order valence-electron chi connectivity index (χ1n) is 9.72. The molecule has 7 nitrogen and oxygen atoms in total. The summed E-state index contributed by atoms with van der Waals surface area (Å²) in [6.45, 7) is 9.61. The summed E-state index contributed by atoms with van der Waals surface area (Å²) in [5, 5.41) is 0. The lowest BCUT2D eigenvalue weighted by molar-refractivity contribution is -0.0100. The van der Waals surface area contributed by atoms with E-state index in [9.17, 15) is 4.79 Å². The fraction of sp³-hybridized carbons (Fsp3) is 0.476. The Kier molecular flexibility index (Phi) is 6.02. The van der Waals surface area contributed by atoms with Crippen LogP contribution in [0.15, 0.2) is 24.3 Å². The first-order chi connectivity index (χ1) is 13.5. The summed E-state index contributed by atoms with van der Waals surface area (Å²) >= 11 is 0. The molecule has 0 saturated heterocycles. The molecule has 0 aliphatic rings. The lowest BCUT2D eigenvalue weighted by Gasteiger charge is -2.19. The second-order valence-corrected chi connectivity index (χ2v) is 7.00. The lowest BCUT2D eigenvalue weighted by Crippen LogP contribution is -2.18. The van der Waals surface area contributed by atoms with Crippen molar-refractivity contribution in [3.8, 4) is 5.88 Å². The molecule has 1 aromatic carbocycles. The number of hydrogen-bond acceptors (Lipinski definition) is 6. The number of para-hydroxylation sites is 2. The molecule has 3 aromatic rings. The van der Waals surface area contributed by atoms with E-state index < -0.39 is 6.16 Å². The van der Waals surface area contributed by atoms with Gasteiger partial charge in [0.2, 0.25) is 18.5 Å². The van der Waals surface area contributed by atoms with Crippen molar-refractivity contribution >= 4 is 23.0 Å². The number of carbonyl (C=O) groups is 1. The molecule has 0 fully saturated rings. The predicted molar refractivity (Wildman–Crippen MR) is 107 cm³/mol. The SMILES string of the molecule is CCc1c(C(C)CC)nc2nc3ccccc3n2c1OCOC(=O)OC(C)C. The maximum absolute atomic E-state index is 11.7. The molecule has 0 N–H and O–H groups in total. The van der Waals surface area contributed by atoms with Crippen LogP contribution in [0.25, 0.3) is 16.8 Å². The van der Waals surface area contributed by atoms with Crippen LogP contribution < -0.4 is 4.74 Å². The summed E-state index contributed by atoms with van der Waals surface area (Å²) in [4.78, 5) is 21.2. The molecule has 0 amide bonds. The highest BCUT2D eigenvalue weighted by atomic mass is 16.8. The van der Waals surface area contributed by atoms with Crippen LogP contribution in [0.4, 0.5) is 4.79 Å². The van der Waals surface area contributed by atoms with Gasteiger partial charge in [-0.2, -0.15) is 0 Å². The quantitative estimate of drug-likeness (QED) is 0.427. The van der Waals surface area contributed by atoms with Crippen molar-refractivity contribution in [2.75, 3.05) is 6.79 Å². The fourth-order valence-corrected chi connectivity index (χ4v) is 3.15. The monoisotopic (exact) mass is 385 g/mol. The van der Waals surface area contributed by atoms with Crippen LogP contribution in [-0.4, -0.2) is 33.4 Å². The molecule has 0 saturated carbocycles. The van der Waals surface area contributed by atoms with Crippen LogP contribution in [0.3, 0.4) is 0 Å². The molecule has 0 bridgehead atoms. The summed E-state index contributed by atoms with van der Waals surface area (Å²) in [7, 11) is 0. The molecule has 0 aliphatic heterocycles. The van der Waals surface area contributed by atoms with E-state index in [4.69, 9.17) is 19.2 Å². The average Bonchev–Trinajstić information content (AvgIpc) is 3.04. The number of rotatable bonds is 7.